The Labute approximate surface area is 85.2 Å². The maximum Gasteiger partial charge on any atom is 0.119 e. The highest BCUT2D eigenvalue weighted by Crippen LogP contribution is 2.23. The van der Waals surface area contributed by atoms with Crippen LogP contribution in [0.1, 0.15) is 25.8 Å². The number of phenolic OH excluding ortho intramolecular Hbond substituents is 1. The average molecular weight is 196 g/mol. The number of thiol groups is 1. The molecule has 0 unspecified atom stereocenters. The van der Waals surface area contributed by atoms with Crippen molar-refractivity contribution in [3.63, 3.8) is 0 Å². The summed E-state index contributed by atoms with van der Waals surface area (Å²) >= 11 is 4.15. The number of aromatic hydroxyl groups is 1. The van der Waals surface area contributed by atoms with Gasteiger partial charge in [-0.15, -0.1) is 12.6 Å². The maximum atomic E-state index is 9.56. The van der Waals surface area contributed by atoms with E-state index in [0.717, 1.165) is 23.3 Å². The summed E-state index contributed by atoms with van der Waals surface area (Å²) < 4.78 is 0. The summed E-state index contributed by atoms with van der Waals surface area (Å²) in [5.74, 6) is 1.04. The van der Waals surface area contributed by atoms with Crippen molar-refractivity contribution in [1.29, 1.82) is 0 Å². The van der Waals surface area contributed by atoms with E-state index in [9.17, 15) is 5.11 Å². The molecule has 0 aliphatic rings. The third kappa shape index (κ3) is 3.31. The van der Waals surface area contributed by atoms with Gasteiger partial charge in [0.1, 0.15) is 5.75 Å². The molecule has 0 aliphatic heterocycles. The SMILES string of the molecule is CC(C)CCc1ccc(S)cc1O. The lowest BCUT2D eigenvalue weighted by Crippen LogP contribution is -1.92. The average Bonchev–Trinajstić information content (AvgIpc) is 2.02. The van der Waals surface area contributed by atoms with Crippen molar-refractivity contribution in [2.45, 2.75) is 31.6 Å². The molecule has 1 aromatic carbocycles. The predicted octanol–water partition coefficient (Wildman–Crippen LogP) is 3.27. The zero-order valence-corrected chi connectivity index (χ0v) is 9.01. The summed E-state index contributed by atoms with van der Waals surface area (Å²) in [7, 11) is 0. The van der Waals surface area contributed by atoms with Gasteiger partial charge in [-0.05, 0) is 36.5 Å². The van der Waals surface area contributed by atoms with Gasteiger partial charge in [-0.25, -0.2) is 0 Å². The molecule has 1 rings (SSSR count). The van der Waals surface area contributed by atoms with E-state index in [1.807, 2.05) is 12.1 Å². The van der Waals surface area contributed by atoms with Gasteiger partial charge < -0.3 is 5.11 Å². The molecule has 0 radical (unpaired) electrons. The highest BCUT2D eigenvalue weighted by molar-refractivity contribution is 7.80. The molecule has 0 saturated heterocycles. The summed E-state index contributed by atoms with van der Waals surface area (Å²) in [5, 5.41) is 9.56. The highest BCUT2D eigenvalue weighted by atomic mass is 32.1. The van der Waals surface area contributed by atoms with E-state index >= 15 is 0 Å². The molecule has 72 valence electrons. The van der Waals surface area contributed by atoms with Crippen LogP contribution in [0.15, 0.2) is 23.1 Å². The highest BCUT2D eigenvalue weighted by Gasteiger charge is 2.02. The molecule has 0 bridgehead atoms. The van der Waals surface area contributed by atoms with Gasteiger partial charge in [-0.3, -0.25) is 0 Å². The van der Waals surface area contributed by atoms with Crippen LogP contribution in [-0.4, -0.2) is 5.11 Å². The van der Waals surface area contributed by atoms with Crippen LogP contribution < -0.4 is 0 Å². The normalized spacial score (nSPS) is 10.8. The summed E-state index contributed by atoms with van der Waals surface area (Å²) in [4.78, 5) is 0.811. The minimum atomic E-state index is 0.369. The lowest BCUT2D eigenvalue weighted by molar-refractivity contribution is 0.462. The van der Waals surface area contributed by atoms with Crippen LogP contribution in [-0.2, 0) is 6.42 Å². The number of phenols is 1. The number of aryl methyl sites for hydroxylation is 1. The number of rotatable bonds is 3. The van der Waals surface area contributed by atoms with Crippen LogP contribution in [0.3, 0.4) is 0 Å². The van der Waals surface area contributed by atoms with E-state index in [0.29, 0.717) is 11.7 Å². The topological polar surface area (TPSA) is 20.2 Å². The first-order chi connectivity index (χ1) is 6.09. The van der Waals surface area contributed by atoms with Gasteiger partial charge in [-0.2, -0.15) is 0 Å². The fourth-order valence-electron chi connectivity index (χ4n) is 1.21. The number of benzene rings is 1. The quantitative estimate of drug-likeness (QED) is 0.711. The Morgan fingerprint density at radius 2 is 2.08 bits per heavy atom. The van der Waals surface area contributed by atoms with Crippen LogP contribution in [0.2, 0.25) is 0 Å². The summed E-state index contributed by atoms with van der Waals surface area (Å²) in [5.41, 5.74) is 1.02. The summed E-state index contributed by atoms with van der Waals surface area (Å²) in [6, 6.07) is 5.55. The van der Waals surface area contributed by atoms with Gasteiger partial charge in [0.25, 0.3) is 0 Å². The summed E-state index contributed by atoms with van der Waals surface area (Å²) in [6.45, 7) is 4.37. The van der Waals surface area contributed by atoms with Crippen molar-refractivity contribution in [1.82, 2.24) is 0 Å². The first-order valence-corrected chi connectivity index (χ1v) is 5.05. The van der Waals surface area contributed by atoms with Crippen molar-refractivity contribution >= 4 is 12.6 Å². The lowest BCUT2D eigenvalue weighted by atomic mass is 10.0. The minimum Gasteiger partial charge on any atom is -0.508 e. The first kappa shape index (κ1) is 10.5. The molecule has 1 N–H and O–H groups in total. The molecule has 0 aliphatic carbocycles. The van der Waals surface area contributed by atoms with Crippen molar-refractivity contribution in [3.8, 4) is 5.75 Å². The Balaban J connectivity index is 2.67. The van der Waals surface area contributed by atoms with E-state index < -0.39 is 0 Å². The van der Waals surface area contributed by atoms with Gasteiger partial charge in [-0.1, -0.05) is 19.9 Å². The molecule has 0 amide bonds. The van der Waals surface area contributed by atoms with E-state index in [2.05, 4.69) is 26.5 Å². The predicted molar refractivity (Wildman–Crippen MR) is 58.5 cm³/mol. The standard InChI is InChI=1S/C11H16OS/c1-8(2)3-4-9-5-6-10(13)7-11(9)12/h5-8,12-13H,3-4H2,1-2H3. The van der Waals surface area contributed by atoms with Crippen LogP contribution in [0, 0.1) is 5.92 Å². The fourth-order valence-corrected chi connectivity index (χ4v) is 1.40. The Kier molecular flexibility index (Phi) is 3.67. The minimum absolute atomic E-state index is 0.369. The van der Waals surface area contributed by atoms with Crippen molar-refractivity contribution < 1.29 is 5.11 Å². The van der Waals surface area contributed by atoms with Crippen molar-refractivity contribution in [2.24, 2.45) is 5.92 Å². The lowest BCUT2D eigenvalue weighted by Gasteiger charge is -2.06. The van der Waals surface area contributed by atoms with Crippen molar-refractivity contribution in [2.75, 3.05) is 0 Å². The second kappa shape index (κ2) is 4.56. The Hall–Kier alpha value is -0.630. The van der Waals surface area contributed by atoms with Gasteiger partial charge in [0.2, 0.25) is 0 Å². The Bertz CT molecular complexity index is 281. The first-order valence-electron chi connectivity index (χ1n) is 4.60. The third-order valence-electron chi connectivity index (χ3n) is 2.06. The third-order valence-corrected chi connectivity index (χ3v) is 2.34. The number of hydrogen-bond donors (Lipinski definition) is 2. The monoisotopic (exact) mass is 196 g/mol. The molecule has 0 saturated carbocycles. The van der Waals surface area contributed by atoms with Crippen LogP contribution in [0.5, 0.6) is 5.75 Å². The van der Waals surface area contributed by atoms with E-state index in [-0.39, 0.29) is 0 Å². The zero-order valence-electron chi connectivity index (χ0n) is 8.12. The van der Waals surface area contributed by atoms with Crippen molar-refractivity contribution in [3.05, 3.63) is 23.8 Å². The van der Waals surface area contributed by atoms with Gasteiger partial charge >= 0.3 is 0 Å². The molecule has 0 heterocycles. The molecule has 0 fully saturated rings. The van der Waals surface area contributed by atoms with E-state index in [1.165, 1.54) is 0 Å². The second-order valence-corrected chi connectivity index (χ2v) is 4.26. The molecule has 2 heteroatoms. The van der Waals surface area contributed by atoms with Crippen LogP contribution in [0.4, 0.5) is 0 Å². The molecular weight excluding hydrogens is 180 g/mol. The Morgan fingerprint density at radius 1 is 1.38 bits per heavy atom. The van der Waals surface area contributed by atoms with Gasteiger partial charge in [0.15, 0.2) is 0 Å². The number of hydrogen-bond acceptors (Lipinski definition) is 2. The summed E-state index contributed by atoms with van der Waals surface area (Å²) in [6.07, 6.45) is 2.05. The van der Waals surface area contributed by atoms with Gasteiger partial charge in [0, 0.05) is 4.90 Å². The largest absolute Gasteiger partial charge is 0.508 e. The maximum absolute atomic E-state index is 9.56. The fraction of sp³-hybridized carbons (Fsp3) is 0.455. The molecule has 0 aromatic heterocycles. The molecule has 1 nitrogen and oxygen atoms in total. The van der Waals surface area contributed by atoms with E-state index in [1.54, 1.807) is 6.07 Å². The van der Waals surface area contributed by atoms with Gasteiger partial charge in [0.05, 0.1) is 0 Å². The smallest absolute Gasteiger partial charge is 0.119 e. The van der Waals surface area contributed by atoms with Crippen LogP contribution >= 0.6 is 12.6 Å². The Morgan fingerprint density at radius 3 is 2.62 bits per heavy atom. The van der Waals surface area contributed by atoms with Crippen LogP contribution in [0.25, 0.3) is 0 Å². The second-order valence-electron chi connectivity index (χ2n) is 3.75. The van der Waals surface area contributed by atoms with E-state index in [4.69, 9.17) is 0 Å². The molecular formula is C11H16OS. The molecule has 0 spiro atoms. The molecule has 1 aromatic rings. The molecule has 13 heavy (non-hydrogen) atoms. The zero-order chi connectivity index (χ0) is 9.84. The molecule has 0 atom stereocenters.